The summed E-state index contributed by atoms with van der Waals surface area (Å²) in [6.45, 7) is 1.92. The number of nitrogens with one attached hydrogen (secondary N) is 2. The number of rotatable bonds is 5. The van der Waals surface area contributed by atoms with Gasteiger partial charge in [-0.15, -0.1) is 0 Å². The van der Waals surface area contributed by atoms with Gasteiger partial charge in [0.1, 0.15) is 12.2 Å². The monoisotopic (exact) mass is 310 g/mol. The van der Waals surface area contributed by atoms with Gasteiger partial charge in [-0.1, -0.05) is 30.3 Å². The van der Waals surface area contributed by atoms with Crippen LogP contribution in [0.3, 0.4) is 0 Å². The highest BCUT2D eigenvalue weighted by Gasteiger charge is 2.39. The molecule has 5 heteroatoms. The molecule has 5 nitrogen and oxygen atoms in total. The Labute approximate surface area is 134 Å². The third-order valence-corrected chi connectivity index (χ3v) is 3.64. The third kappa shape index (κ3) is 3.96. The van der Waals surface area contributed by atoms with Crippen molar-refractivity contribution < 1.29 is 14.3 Å². The molecule has 23 heavy (non-hydrogen) atoms. The smallest absolute Gasteiger partial charge is 0.251 e. The van der Waals surface area contributed by atoms with Crippen molar-refractivity contribution in [2.24, 2.45) is 0 Å². The zero-order valence-electron chi connectivity index (χ0n) is 12.8. The van der Waals surface area contributed by atoms with Crippen molar-refractivity contribution in [2.45, 2.75) is 19.1 Å². The Hall–Kier alpha value is -2.66. The highest BCUT2D eigenvalue weighted by Crippen LogP contribution is 2.37. The molecule has 1 saturated heterocycles. The number of carbonyl (C=O) groups excluding carboxylic acids is 2. The fourth-order valence-corrected chi connectivity index (χ4v) is 2.44. The van der Waals surface area contributed by atoms with E-state index in [1.54, 1.807) is 24.3 Å². The molecule has 1 aliphatic heterocycles. The van der Waals surface area contributed by atoms with E-state index in [-0.39, 0.29) is 24.0 Å². The van der Waals surface area contributed by atoms with Gasteiger partial charge in [-0.25, -0.2) is 0 Å². The molecule has 118 valence electrons. The minimum absolute atomic E-state index is 0.0278. The third-order valence-electron chi connectivity index (χ3n) is 3.64. The van der Waals surface area contributed by atoms with E-state index in [4.69, 9.17) is 4.74 Å². The van der Waals surface area contributed by atoms with Crippen LogP contribution in [0.15, 0.2) is 54.6 Å². The van der Waals surface area contributed by atoms with Gasteiger partial charge in [-0.05, 0) is 29.8 Å². The number of ether oxygens (including phenoxy) is 1. The van der Waals surface area contributed by atoms with E-state index >= 15 is 0 Å². The lowest BCUT2D eigenvalue weighted by Gasteiger charge is -2.05. The van der Waals surface area contributed by atoms with Gasteiger partial charge in [-0.3, -0.25) is 9.59 Å². The van der Waals surface area contributed by atoms with E-state index in [1.807, 2.05) is 30.3 Å². The highest BCUT2D eigenvalue weighted by molar-refractivity contribution is 5.95. The summed E-state index contributed by atoms with van der Waals surface area (Å²) in [5.41, 5.74) is 2.35. The van der Waals surface area contributed by atoms with Crippen molar-refractivity contribution in [1.82, 2.24) is 5.32 Å². The van der Waals surface area contributed by atoms with Crippen LogP contribution in [0.1, 0.15) is 28.9 Å². The second-order valence-corrected chi connectivity index (χ2v) is 5.47. The van der Waals surface area contributed by atoms with Crippen LogP contribution in [0.2, 0.25) is 0 Å². The molecular weight excluding hydrogens is 292 g/mol. The van der Waals surface area contributed by atoms with Crippen molar-refractivity contribution in [2.75, 3.05) is 11.9 Å². The fraction of sp³-hybridized carbons (Fsp3) is 0.222. The molecule has 2 amide bonds. The molecule has 0 bridgehead atoms. The average molecular weight is 310 g/mol. The van der Waals surface area contributed by atoms with Crippen LogP contribution < -0.4 is 10.6 Å². The molecule has 0 spiro atoms. The van der Waals surface area contributed by atoms with Crippen molar-refractivity contribution in [3.8, 4) is 0 Å². The Kier molecular flexibility index (Phi) is 4.39. The number of carbonyl (C=O) groups is 2. The summed E-state index contributed by atoms with van der Waals surface area (Å²) in [6, 6.07) is 16.7. The second kappa shape index (κ2) is 6.62. The molecule has 2 N–H and O–H groups in total. The van der Waals surface area contributed by atoms with E-state index in [2.05, 4.69) is 10.6 Å². The van der Waals surface area contributed by atoms with Crippen LogP contribution in [0, 0.1) is 0 Å². The van der Waals surface area contributed by atoms with Gasteiger partial charge in [0.25, 0.3) is 5.91 Å². The molecule has 0 aromatic heterocycles. The van der Waals surface area contributed by atoms with Crippen LogP contribution in [-0.2, 0) is 9.53 Å². The first-order chi connectivity index (χ1) is 11.1. The van der Waals surface area contributed by atoms with Gasteiger partial charge in [0.05, 0.1) is 0 Å². The number of hydrogen-bond acceptors (Lipinski definition) is 3. The average Bonchev–Trinajstić information content (AvgIpc) is 3.33. The maximum atomic E-state index is 12.1. The lowest BCUT2D eigenvalue weighted by atomic mass is 10.1. The van der Waals surface area contributed by atoms with Crippen molar-refractivity contribution in [3.05, 3.63) is 65.7 Å². The summed E-state index contributed by atoms with van der Waals surface area (Å²) in [5.74, 6) is -0.290. The predicted molar refractivity (Wildman–Crippen MR) is 87.1 cm³/mol. The van der Waals surface area contributed by atoms with Crippen LogP contribution in [0.25, 0.3) is 0 Å². The molecule has 2 unspecified atom stereocenters. The van der Waals surface area contributed by atoms with Gasteiger partial charge in [0, 0.05) is 24.7 Å². The molecule has 1 heterocycles. The topological polar surface area (TPSA) is 70.7 Å². The maximum absolute atomic E-state index is 12.1. The molecule has 1 aliphatic rings. The predicted octanol–water partition coefficient (Wildman–Crippen LogP) is 2.51. The summed E-state index contributed by atoms with van der Waals surface area (Å²) < 4.78 is 5.59. The Morgan fingerprint density at radius 3 is 2.39 bits per heavy atom. The van der Waals surface area contributed by atoms with E-state index < -0.39 is 0 Å². The molecule has 2 aromatic carbocycles. The van der Waals surface area contributed by atoms with Crippen molar-refractivity contribution in [3.63, 3.8) is 0 Å². The maximum Gasteiger partial charge on any atom is 0.251 e. The molecule has 0 radical (unpaired) electrons. The van der Waals surface area contributed by atoms with Crippen LogP contribution in [0.4, 0.5) is 5.69 Å². The normalized spacial score (nSPS) is 19.0. The SMILES string of the molecule is CC(=O)Nc1ccc(C(=O)NCC2OC2c2ccccc2)cc1. The number of benzene rings is 2. The lowest BCUT2D eigenvalue weighted by Crippen LogP contribution is -2.27. The van der Waals surface area contributed by atoms with Gasteiger partial charge >= 0.3 is 0 Å². The summed E-state index contributed by atoms with van der Waals surface area (Å²) >= 11 is 0. The Bertz CT molecular complexity index is 698. The molecule has 2 atom stereocenters. The standard InChI is InChI=1S/C18H18N2O3/c1-12(21)20-15-9-7-14(8-10-15)18(22)19-11-16-17(23-16)13-5-3-2-4-6-13/h2-10,16-17H,11H2,1H3,(H,19,22)(H,20,21). The zero-order chi connectivity index (χ0) is 16.2. The first-order valence-electron chi connectivity index (χ1n) is 7.50. The van der Waals surface area contributed by atoms with Gasteiger partial charge in [-0.2, -0.15) is 0 Å². The quantitative estimate of drug-likeness (QED) is 0.834. The highest BCUT2D eigenvalue weighted by atomic mass is 16.6. The van der Waals surface area contributed by atoms with E-state index in [0.717, 1.165) is 5.56 Å². The summed E-state index contributed by atoms with van der Waals surface area (Å²) in [4.78, 5) is 23.1. The molecular formula is C18H18N2O3. The van der Waals surface area contributed by atoms with E-state index in [0.29, 0.717) is 17.8 Å². The fourth-order valence-electron chi connectivity index (χ4n) is 2.44. The number of epoxide rings is 1. The molecule has 3 rings (SSSR count). The van der Waals surface area contributed by atoms with E-state index in [9.17, 15) is 9.59 Å². The molecule has 1 fully saturated rings. The van der Waals surface area contributed by atoms with Crippen molar-refractivity contribution in [1.29, 1.82) is 0 Å². The van der Waals surface area contributed by atoms with Crippen molar-refractivity contribution >= 4 is 17.5 Å². The summed E-state index contributed by atoms with van der Waals surface area (Å²) in [6.07, 6.45) is 0.0960. The second-order valence-electron chi connectivity index (χ2n) is 5.47. The van der Waals surface area contributed by atoms with Crippen LogP contribution in [0.5, 0.6) is 0 Å². The molecule has 0 aliphatic carbocycles. The molecule has 0 saturated carbocycles. The summed E-state index contributed by atoms with van der Waals surface area (Å²) in [7, 11) is 0. The number of anilines is 1. The number of hydrogen-bond donors (Lipinski definition) is 2. The Morgan fingerprint density at radius 1 is 1.04 bits per heavy atom. The van der Waals surface area contributed by atoms with Gasteiger partial charge in [0.2, 0.25) is 5.91 Å². The Balaban J connectivity index is 1.49. The van der Waals surface area contributed by atoms with Crippen LogP contribution in [-0.4, -0.2) is 24.5 Å². The molecule has 2 aromatic rings. The largest absolute Gasteiger partial charge is 0.363 e. The zero-order valence-corrected chi connectivity index (χ0v) is 12.8. The number of amides is 2. The Morgan fingerprint density at radius 2 is 1.74 bits per heavy atom. The van der Waals surface area contributed by atoms with Gasteiger partial charge in [0.15, 0.2) is 0 Å². The lowest BCUT2D eigenvalue weighted by molar-refractivity contribution is -0.114. The minimum Gasteiger partial charge on any atom is -0.363 e. The van der Waals surface area contributed by atoms with Crippen LogP contribution >= 0.6 is 0 Å². The minimum atomic E-state index is -0.151. The summed E-state index contributed by atoms with van der Waals surface area (Å²) in [5, 5.41) is 5.53. The van der Waals surface area contributed by atoms with E-state index in [1.165, 1.54) is 6.92 Å². The first-order valence-corrected chi connectivity index (χ1v) is 7.50. The van der Waals surface area contributed by atoms with Gasteiger partial charge < -0.3 is 15.4 Å². The first kappa shape index (κ1) is 15.2.